The van der Waals surface area contributed by atoms with Gasteiger partial charge in [0.05, 0.1) is 6.61 Å². The summed E-state index contributed by atoms with van der Waals surface area (Å²) in [7, 11) is 0. The lowest BCUT2D eigenvalue weighted by Gasteiger charge is -2.26. The van der Waals surface area contributed by atoms with Crippen LogP contribution in [0.4, 0.5) is 11.4 Å². The molecule has 1 fully saturated rings. The number of nitrogens with zero attached hydrogens (tertiary/aromatic N) is 1. The normalized spacial score (nSPS) is 14.1. The molecule has 0 atom stereocenters. The standard InChI is InChI=1S/C21H22N2O4/c1-15-4-2-3-5-18(15)19(24)10-11-20(25)22-16-6-8-17(9-7-16)23-12-13-27-14-21(23)26/h2-9H,10-14H2,1H3,(H,22,25). The van der Waals surface area contributed by atoms with Crippen LogP contribution in [0.1, 0.15) is 28.8 Å². The van der Waals surface area contributed by atoms with Gasteiger partial charge in [-0.25, -0.2) is 0 Å². The molecule has 3 rings (SSSR count). The van der Waals surface area contributed by atoms with Crippen LogP contribution in [-0.4, -0.2) is 37.4 Å². The van der Waals surface area contributed by atoms with Crippen LogP contribution in [0.5, 0.6) is 0 Å². The smallest absolute Gasteiger partial charge is 0.253 e. The number of carbonyl (C=O) groups excluding carboxylic acids is 3. The highest BCUT2D eigenvalue weighted by atomic mass is 16.5. The Morgan fingerprint density at radius 1 is 1.07 bits per heavy atom. The van der Waals surface area contributed by atoms with Gasteiger partial charge >= 0.3 is 0 Å². The summed E-state index contributed by atoms with van der Waals surface area (Å²) in [5, 5.41) is 2.79. The largest absolute Gasteiger partial charge is 0.370 e. The van der Waals surface area contributed by atoms with Gasteiger partial charge in [-0.15, -0.1) is 0 Å². The van der Waals surface area contributed by atoms with Crippen LogP contribution in [0.25, 0.3) is 0 Å². The molecule has 0 saturated carbocycles. The third-order valence-corrected chi connectivity index (χ3v) is 4.47. The van der Waals surface area contributed by atoms with Crippen molar-refractivity contribution in [3.05, 3.63) is 59.7 Å². The highest BCUT2D eigenvalue weighted by molar-refractivity contribution is 6.01. The number of amides is 2. The van der Waals surface area contributed by atoms with E-state index in [1.807, 2.05) is 25.1 Å². The predicted octanol–water partition coefficient (Wildman–Crippen LogP) is 2.96. The van der Waals surface area contributed by atoms with Crippen molar-refractivity contribution in [2.75, 3.05) is 30.0 Å². The zero-order chi connectivity index (χ0) is 19.2. The molecule has 1 heterocycles. The number of Topliss-reactive ketones (excluding diaryl/α,β-unsaturated/α-hetero) is 1. The average Bonchev–Trinajstić information content (AvgIpc) is 2.68. The minimum atomic E-state index is -0.216. The minimum Gasteiger partial charge on any atom is -0.370 e. The van der Waals surface area contributed by atoms with E-state index in [0.717, 1.165) is 11.3 Å². The SMILES string of the molecule is Cc1ccccc1C(=O)CCC(=O)Nc1ccc(N2CCOCC2=O)cc1. The van der Waals surface area contributed by atoms with E-state index < -0.39 is 0 Å². The minimum absolute atomic E-state index is 0.0376. The summed E-state index contributed by atoms with van der Waals surface area (Å²) in [6.07, 6.45) is 0.286. The number of ether oxygens (including phenoxy) is 1. The molecule has 1 aliphatic heterocycles. The van der Waals surface area contributed by atoms with Gasteiger partial charge in [-0.1, -0.05) is 24.3 Å². The van der Waals surface area contributed by atoms with Crippen molar-refractivity contribution in [1.82, 2.24) is 0 Å². The van der Waals surface area contributed by atoms with Crippen LogP contribution in [0, 0.1) is 6.92 Å². The number of morpholine rings is 1. The first-order valence-corrected chi connectivity index (χ1v) is 8.91. The number of benzene rings is 2. The molecule has 1 saturated heterocycles. The summed E-state index contributed by atoms with van der Waals surface area (Å²) in [6.45, 7) is 3.01. The number of aryl methyl sites for hydroxylation is 1. The summed E-state index contributed by atoms with van der Waals surface area (Å²) < 4.78 is 5.12. The van der Waals surface area contributed by atoms with Crippen LogP contribution < -0.4 is 10.2 Å². The molecule has 0 spiro atoms. The fraction of sp³-hybridized carbons (Fsp3) is 0.286. The first-order chi connectivity index (χ1) is 13.0. The number of hydrogen-bond acceptors (Lipinski definition) is 4. The lowest BCUT2D eigenvalue weighted by Crippen LogP contribution is -2.41. The van der Waals surface area contributed by atoms with Gasteiger partial charge in [0.25, 0.3) is 5.91 Å². The number of anilines is 2. The molecular formula is C21H22N2O4. The molecule has 0 bridgehead atoms. The molecule has 2 aromatic rings. The Morgan fingerprint density at radius 3 is 2.52 bits per heavy atom. The van der Waals surface area contributed by atoms with Gasteiger partial charge in [-0.05, 0) is 36.8 Å². The lowest BCUT2D eigenvalue weighted by atomic mass is 10.0. The van der Waals surface area contributed by atoms with Gasteiger partial charge in [0, 0.05) is 36.3 Å². The summed E-state index contributed by atoms with van der Waals surface area (Å²) in [6, 6.07) is 14.4. The Labute approximate surface area is 158 Å². The van der Waals surface area contributed by atoms with E-state index in [-0.39, 0.29) is 37.0 Å². The summed E-state index contributed by atoms with van der Waals surface area (Å²) in [4.78, 5) is 37.9. The fourth-order valence-electron chi connectivity index (χ4n) is 2.99. The molecule has 2 aromatic carbocycles. The molecule has 0 radical (unpaired) electrons. The highest BCUT2D eigenvalue weighted by Gasteiger charge is 2.20. The van der Waals surface area contributed by atoms with E-state index in [9.17, 15) is 14.4 Å². The Hall–Kier alpha value is -2.99. The molecule has 1 N–H and O–H groups in total. The molecule has 6 nitrogen and oxygen atoms in total. The summed E-state index contributed by atoms with van der Waals surface area (Å²) >= 11 is 0. The van der Waals surface area contributed by atoms with Crippen molar-refractivity contribution < 1.29 is 19.1 Å². The molecule has 140 valence electrons. The van der Waals surface area contributed by atoms with Crippen LogP contribution in [0.2, 0.25) is 0 Å². The van der Waals surface area contributed by atoms with E-state index in [4.69, 9.17) is 4.74 Å². The molecule has 1 aliphatic rings. The topological polar surface area (TPSA) is 75.7 Å². The lowest BCUT2D eigenvalue weighted by molar-refractivity contribution is -0.125. The number of ketones is 1. The first kappa shape index (κ1) is 18.8. The zero-order valence-corrected chi connectivity index (χ0v) is 15.2. The third kappa shape index (κ3) is 4.80. The van der Waals surface area contributed by atoms with Gasteiger partial charge in [-0.3, -0.25) is 14.4 Å². The summed E-state index contributed by atoms with van der Waals surface area (Å²) in [5.74, 6) is -0.329. The maximum atomic E-state index is 12.2. The molecular weight excluding hydrogens is 344 g/mol. The number of nitrogens with one attached hydrogen (secondary N) is 1. The van der Waals surface area contributed by atoms with Crippen molar-refractivity contribution in [3.8, 4) is 0 Å². The van der Waals surface area contributed by atoms with Crippen LogP contribution >= 0.6 is 0 Å². The van der Waals surface area contributed by atoms with E-state index in [0.29, 0.717) is 24.4 Å². The number of hydrogen-bond donors (Lipinski definition) is 1. The van der Waals surface area contributed by atoms with Gasteiger partial charge in [-0.2, -0.15) is 0 Å². The second kappa shape index (κ2) is 8.60. The van der Waals surface area contributed by atoms with Crippen LogP contribution in [0.15, 0.2) is 48.5 Å². The Morgan fingerprint density at radius 2 is 1.81 bits per heavy atom. The molecule has 0 unspecified atom stereocenters. The van der Waals surface area contributed by atoms with E-state index in [1.54, 1.807) is 35.2 Å². The fourth-order valence-corrected chi connectivity index (χ4v) is 2.99. The molecule has 0 aromatic heterocycles. The first-order valence-electron chi connectivity index (χ1n) is 8.91. The zero-order valence-electron chi connectivity index (χ0n) is 15.2. The second-order valence-corrected chi connectivity index (χ2v) is 6.43. The Kier molecular flexibility index (Phi) is 5.98. The van der Waals surface area contributed by atoms with Crippen molar-refractivity contribution >= 4 is 29.0 Å². The number of carbonyl (C=O) groups is 3. The highest BCUT2D eigenvalue weighted by Crippen LogP contribution is 2.20. The maximum absolute atomic E-state index is 12.2. The monoisotopic (exact) mass is 366 g/mol. The average molecular weight is 366 g/mol. The van der Waals surface area contributed by atoms with E-state index in [2.05, 4.69) is 5.32 Å². The van der Waals surface area contributed by atoms with Crippen molar-refractivity contribution in [3.63, 3.8) is 0 Å². The van der Waals surface area contributed by atoms with Gasteiger partial charge in [0.2, 0.25) is 5.91 Å². The van der Waals surface area contributed by atoms with Gasteiger partial charge < -0.3 is 15.0 Å². The van der Waals surface area contributed by atoms with Gasteiger partial charge in [0.1, 0.15) is 6.61 Å². The van der Waals surface area contributed by atoms with Crippen LogP contribution in [0.3, 0.4) is 0 Å². The third-order valence-electron chi connectivity index (χ3n) is 4.47. The van der Waals surface area contributed by atoms with Crippen molar-refractivity contribution in [1.29, 1.82) is 0 Å². The van der Waals surface area contributed by atoms with E-state index in [1.165, 1.54) is 0 Å². The maximum Gasteiger partial charge on any atom is 0.253 e. The molecule has 27 heavy (non-hydrogen) atoms. The quantitative estimate of drug-likeness (QED) is 0.798. The second-order valence-electron chi connectivity index (χ2n) is 6.43. The van der Waals surface area contributed by atoms with E-state index >= 15 is 0 Å². The van der Waals surface area contributed by atoms with Crippen LogP contribution in [-0.2, 0) is 14.3 Å². The Bertz CT molecular complexity index is 846. The molecule has 2 amide bonds. The van der Waals surface area contributed by atoms with Gasteiger partial charge in [0.15, 0.2) is 5.78 Å². The van der Waals surface area contributed by atoms with Crippen molar-refractivity contribution in [2.45, 2.75) is 19.8 Å². The predicted molar refractivity (Wildman–Crippen MR) is 103 cm³/mol. The van der Waals surface area contributed by atoms with Crippen molar-refractivity contribution in [2.24, 2.45) is 0 Å². The molecule has 6 heteroatoms. The summed E-state index contributed by atoms with van der Waals surface area (Å²) in [5.41, 5.74) is 2.98. The Balaban J connectivity index is 1.53. The number of rotatable bonds is 6. The molecule has 0 aliphatic carbocycles.